The molecule has 1 fully saturated rings. The Morgan fingerprint density at radius 1 is 0.923 bits per heavy atom. The molecule has 0 bridgehead atoms. The maximum atomic E-state index is 12.8. The molecule has 0 unspecified atom stereocenters. The van der Waals surface area contributed by atoms with Crippen LogP contribution in [0.25, 0.3) is 0 Å². The number of piperazine rings is 1. The molecular weight excluding hydrogens is 348 g/mol. The van der Waals surface area contributed by atoms with Gasteiger partial charge in [-0.25, -0.2) is 8.42 Å². The maximum absolute atomic E-state index is 12.8. The average Bonchev–Trinajstić information content (AvgIpc) is 2.68. The van der Waals surface area contributed by atoms with Crippen LogP contribution in [0.1, 0.15) is 16.7 Å². The summed E-state index contributed by atoms with van der Waals surface area (Å²) < 4.78 is 27.1. The first-order chi connectivity index (χ1) is 12.5. The second kappa shape index (κ2) is 7.67. The highest BCUT2D eigenvalue weighted by molar-refractivity contribution is 7.89. The third-order valence-corrected chi connectivity index (χ3v) is 6.38. The quantitative estimate of drug-likeness (QED) is 0.825. The van der Waals surface area contributed by atoms with Crippen LogP contribution in [0.15, 0.2) is 53.4 Å². The number of nitrogens with zero attached hydrogens (tertiary/aromatic N) is 4. The molecule has 0 aliphatic carbocycles. The zero-order valence-corrected chi connectivity index (χ0v) is 15.0. The normalized spacial score (nSPS) is 15.9. The Kier molecular flexibility index (Phi) is 5.34. The summed E-state index contributed by atoms with van der Waals surface area (Å²) in [6.07, 6.45) is 0. The highest BCUT2D eigenvalue weighted by Gasteiger charge is 2.30. The topological polar surface area (TPSA) is 88.2 Å². The molecular formula is C19H18N4O2S. The molecule has 1 saturated heterocycles. The van der Waals surface area contributed by atoms with E-state index in [0.29, 0.717) is 38.3 Å². The highest BCUT2D eigenvalue weighted by Crippen LogP contribution is 2.21. The SMILES string of the molecule is N#Cc1cccc(CN2CCN(S(=O)(=O)c3ccccc3C#N)CC2)c1. The van der Waals surface area contributed by atoms with Crippen LogP contribution in [0.2, 0.25) is 0 Å². The Labute approximate surface area is 153 Å². The summed E-state index contributed by atoms with van der Waals surface area (Å²) in [5, 5.41) is 18.1. The van der Waals surface area contributed by atoms with Crippen molar-refractivity contribution in [1.82, 2.24) is 9.21 Å². The monoisotopic (exact) mass is 366 g/mol. The van der Waals surface area contributed by atoms with Gasteiger partial charge in [-0.3, -0.25) is 4.90 Å². The number of hydrogen-bond acceptors (Lipinski definition) is 5. The molecule has 0 radical (unpaired) electrons. The number of nitriles is 2. The number of hydrogen-bond donors (Lipinski definition) is 0. The van der Waals surface area contributed by atoms with Gasteiger partial charge in [0.1, 0.15) is 6.07 Å². The predicted octanol–water partition coefficient (Wildman–Crippen LogP) is 1.94. The van der Waals surface area contributed by atoms with E-state index in [9.17, 15) is 8.42 Å². The summed E-state index contributed by atoms with van der Waals surface area (Å²) >= 11 is 0. The predicted molar refractivity (Wildman–Crippen MR) is 96.3 cm³/mol. The molecule has 2 aromatic rings. The third kappa shape index (κ3) is 3.76. The Balaban J connectivity index is 1.68. The zero-order chi connectivity index (χ0) is 18.6. The highest BCUT2D eigenvalue weighted by atomic mass is 32.2. The molecule has 1 heterocycles. The van der Waals surface area contributed by atoms with E-state index < -0.39 is 10.0 Å². The van der Waals surface area contributed by atoms with E-state index in [0.717, 1.165) is 5.56 Å². The van der Waals surface area contributed by atoms with Gasteiger partial charge in [0.15, 0.2) is 0 Å². The van der Waals surface area contributed by atoms with Crippen molar-refractivity contribution < 1.29 is 8.42 Å². The molecule has 26 heavy (non-hydrogen) atoms. The van der Waals surface area contributed by atoms with Crippen LogP contribution < -0.4 is 0 Å². The van der Waals surface area contributed by atoms with Crippen LogP contribution in [0.4, 0.5) is 0 Å². The van der Waals surface area contributed by atoms with Gasteiger partial charge in [-0.1, -0.05) is 24.3 Å². The first-order valence-electron chi connectivity index (χ1n) is 8.25. The minimum absolute atomic E-state index is 0.0673. The minimum atomic E-state index is -3.67. The number of benzene rings is 2. The molecule has 0 saturated carbocycles. The lowest BCUT2D eigenvalue weighted by Crippen LogP contribution is -2.48. The van der Waals surface area contributed by atoms with Crippen molar-refractivity contribution in [3.8, 4) is 12.1 Å². The van der Waals surface area contributed by atoms with Crippen LogP contribution in [0, 0.1) is 22.7 Å². The molecule has 7 heteroatoms. The zero-order valence-electron chi connectivity index (χ0n) is 14.2. The molecule has 0 N–H and O–H groups in total. The first-order valence-corrected chi connectivity index (χ1v) is 9.69. The molecule has 0 amide bonds. The van der Waals surface area contributed by atoms with Crippen molar-refractivity contribution in [3.63, 3.8) is 0 Å². The van der Waals surface area contributed by atoms with Gasteiger partial charge in [0.05, 0.1) is 22.1 Å². The van der Waals surface area contributed by atoms with Gasteiger partial charge < -0.3 is 0 Å². The van der Waals surface area contributed by atoms with E-state index in [-0.39, 0.29) is 10.5 Å². The van der Waals surface area contributed by atoms with Crippen molar-refractivity contribution in [3.05, 3.63) is 65.2 Å². The van der Waals surface area contributed by atoms with Crippen LogP contribution in [-0.4, -0.2) is 43.8 Å². The van der Waals surface area contributed by atoms with E-state index in [1.165, 1.54) is 16.4 Å². The fourth-order valence-electron chi connectivity index (χ4n) is 3.05. The third-order valence-electron chi connectivity index (χ3n) is 4.42. The molecule has 0 spiro atoms. The molecule has 6 nitrogen and oxygen atoms in total. The molecule has 0 aromatic heterocycles. The van der Waals surface area contributed by atoms with Gasteiger partial charge in [-0.05, 0) is 29.8 Å². The number of rotatable bonds is 4. The molecule has 1 aliphatic rings. The van der Waals surface area contributed by atoms with Crippen molar-refractivity contribution in [2.75, 3.05) is 26.2 Å². The van der Waals surface area contributed by atoms with Crippen LogP contribution in [-0.2, 0) is 16.6 Å². The van der Waals surface area contributed by atoms with Crippen molar-refractivity contribution in [1.29, 1.82) is 10.5 Å². The summed E-state index contributed by atoms with van der Waals surface area (Å²) in [6, 6.07) is 17.8. The Hall–Kier alpha value is -2.71. The van der Waals surface area contributed by atoms with Gasteiger partial charge >= 0.3 is 0 Å². The smallest absolute Gasteiger partial charge is 0.244 e. The Bertz CT molecular complexity index is 981. The second-order valence-electron chi connectivity index (χ2n) is 6.10. The largest absolute Gasteiger partial charge is 0.296 e. The molecule has 0 atom stereocenters. The van der Waals surface area contributed by atoms with E-state index in [4.69, 9.17) is 10.5 Å². The van der Waals surface area contributed by atoms with E-state index >= 15 is 0 Å². The lowest BCUT2D eigenvalue weighted by atomic mass is 10.1. The summed E-state index contributed by atoms with van der Waals surface area (Å²) in [5.41, 5.74) is 1.83. The van der Waals surface area contributed by atoms with E-state index in [1.807, 2.05) is 24.3 Å². The van der Waals surface area contributed by atoms with Crippen molar-refractivity contribution >= 4 is 10.0 Å². The maximum Gasteiger partial charge on any atom is 0.244 e. The van der Waals surface area contributed by atoms with E-state index in [1.54, 1.807) is 18.2 Å². The first kappa shape index (κ1) is 18.1. The Morgan fingerprint density at radius 3 is 2.35 bits per heavy atom. The van der Waals surface area contributed by atoms with Gasteiger partial charge in [-0.2, -0.15) is 14.8 Å². The van der Waals surface area contributed by atoms with Crippen molar-refractivity contribution in [2.24, 2.45) is 0 Å². The van der Waals surface area contributed by atoms with Gasteiger partial charge in [-0.15, -0.1) is 0 Å². The summed E-state index contributed by atoms with van der Waals surface area (Å²) in [5.74, 6) is 0. The second-order valence-corrected chi connectivity index (χ2v) is 8.01. The lowest BCUT2D eigenvalue weighted by Gasteiger charge is -2.34. The minimum Gasteiger partial charge on any atom is -0.296 e. The van der Waals surface area contributed by atoms with Crippen LogP contribution >= 0.6 is 0 Å². The van der Waals surface area contributed by atoms with Gasteiger partial charge in [0.25, 0.3) is 0 Å². The van der Waals surface area contributed by atoms with Gasteiger partial charge in [0, 0.05) is 32.7 Å². The van der Waals surface area contributed by atoms with Crippen molar-refractivity contribution in [2.45, 2.75) is 11.4 Å². The standard InChI is InChI=1S/C19H18N4O2S/c20-13-16-4-3-5-17(12-16)15-22-8-10-23(11-9-22)26(24,25)19-7-2-1-6-18(19)14-21/h1-7,12H,8-11,15H2. The van der Waals surface area contributed by atoms with Crippen LogP contribution in [0.5, 0.6) is 0 Å². The average molecular weight is 366 g/mol. The lowest BCUT2D eigenvalue weighted by molar-refractivity contribution is 0.181. The molecule has 3 rings (SSSR count). The van der Waals surface area contributed by atoms with E-state index in [2.05, 4.69) is 11.0 Å². The molecule has 2 aromatic carbocycles. The summed E-state index contributed by atoms with van der Waals surface area (Å²) in [4.78, 5) is 2.23. The Morgan fingerprint density at radius 2 is 1.65 bits per heavy atom. The van der Waals surface area contributed by atoms with Crippen LogP contribution in [0.3, 0.4) is 0 Å². The summed E-state index contributed by atoms with van der Waals surface area (Å²) in [6.45, 7) is 2.63. The molecule has 1 aliphatic heterocycles. The van der Waals surface area contributed by atoms with Gasteiger partial charge in [0.2, 0.25) is 10.0 Å². The summed E-state index contributed by atoms with van der Waals surface area (Å²) in [7, 11) is -3.67. The fourth-order valence-corrected chi connectivity index (χ4v) is 4.61. The number of sulfonamides is 1. The fraction of sp³-hybridized carbons (Fsp3) is 0.263. The molecule has 132 valence electrons.